The van der Waals surface area contributed by atoms with Crippen LogP contribution in [0.2, 0.25) is 0 Å². The summed E-state index contributed by atoms with van der Waals surface area (Å²) in [5, 5.41) is 23.2. The van der Waals surface area contributed by atoms with Gasteiger partial charge in [0, 0.05) is 19.2 Å². The minimum absolute atomic E-state index is 0.0294. The van der Waals surface area contributed by atoms with Crippen molar-refractivity contribution in [1.82, 2.24) is 25.4 Å². The Morgan fingerprint density at radius 1 is 1.48 bits per heavy atom. The predicted octanol–water partition coefficient (Wildman–Crippen LogP) is 1.13. The monoisotopic (exact) mass is 295 g/mol. The number of carbonyl (C=O) groups is 1. The van der Waals surface area contributed by atoms with E-state index < -0.39 is 0 Å². The van der Waals surface area contributed by atoms with E-state index in [1.807, 2.05) is 20.8 Å². The number of urea groups is 1. The van der Waals surface area contributed by atoms with Crippen molar-refractivity contribution in [3.8, 4) is 0 Å². The molecule has 2 rings (SSSR count). The first-order chi connectivity index (χ1) is 10.0. The summed E-state index contributed by atoms with van der Waals surface area (Å²) in [6.45, 7) is 6.96. The molecule has 0 bridgehead atoms. The lowest BCUT2D eigenvalue weighted by molar-refractivity contribution is 0.213. The van der Waals surface area contributed by atoms with Gasteiger partial charge in [0.05, 0.1) is 6.04 Å². The van der Waals surface area contributed by atoms with Gasteiger partial charge in [0.2, 0.25) is 0 Å². The highest BCUT2D eigenvalue weighted by Crippen LogP contribution is 2.23. The predicted molar refractivity (Wildman–Crippen MR) is 78.7 cm³/mol. The summed E-state index contributed by atoms with van der Waals surface area (Å²) in [5.41, 5.74) is 0. The Morgan fingerprint density at radius 2 is 2.24 bits per heavy atom. The van der Waals surface area contributed by atoms with Gasteiger partial charge in [0.15, 0.2) is 5.82 Å². The Labute approximate surface area is 125 Å². The molecule has 2 amide bonds. The number of rotatable bonds is 5. The summed E-state index contributed by atoms with van der Waals surface area (Å²) in [4.78, 5) is 12.2. The molecule has 1 aromatic heterocycles. The standard InChI is InChI=1S/C14H25N5O2/c1-9(2)11(6-8-20)15-14(21)16-12-5-4-7-19-10(3)17-18-13(12)19/h9,11-12,20H,4-8H2,1-3H3,(H2,15,16,21). The lowest BCUT2D eigenvalue weighted by Crippen LogP contribution is -2.46. The molecule has 1 aliphatic heterocycles. The van der Waals surface area contributed by atoms with Crippen LogP contribution in [0.3, 0.4) is 0 Å². The average molecular weight is 295 g/mol. The van der Waals surface area contributed by atoms with Crippen molar-refractivity contribution in [3.05, 3.63) is 11.6 Å². The van der Waals surface area contributed by atoms with Gasteiger partial charge in [0.25, 0.3) is 0 Å². The summed E-state index contributed by atoms with van der Waals surface area (Å²) in [6, 6.07) is -0.332. The second-order valence-corrected chi connectivity index (χ2v) is 5.93. The fourth-order valence-electron chi connectivity index (χ4n) is 2.73. The van der Waals surface area contributed by atoms with Gasteiger partial charge in [-0.3, -0.25) is 0 Å². The summed E-state index contributed by atoms with van der Waals surface area (Å²) in [6.07, 6.45) is 2.43. The van der Waals surface area contributed by atoms with E-state index in [0.717, 1.165) is 31.0 Å². The minimum Gasteiger partial charge on any atom is -0.396 e. The molecule has 0 aromatic carbocycles. The van der Waals surface area contributed by atoms with E-state index in [0.29, 0.717) is 6.42 Å². The van der Waals surface area contributed by atoms with Crippen molar-refractivity contribution in [2.45, 2.75) is 58.7 Å². The van der Waals surface area contributed by atoms with Crippen molar-refractivity contribution in [2.75, 3.05) is 6.61 Å². The van der Waals surface area contributed by atoms with Crippen LogP contribution in [0.1, 0.15) is 50.8 Å². The van der Waals surface area contributed by atoms with E-state index in [9.17, 15) is 4.79 Å². The van der Waals surface area contributed by atoms with Gasteiger partial charge in [-0.25, -0.2) is 4.79 Å². The van der Waals surface area contributed by atoms with E-state index in [-0.39, 0.29) is 30.6 Å². The highest BCUT2D eigenvalue weighted by Gasteiger charge is 2.26. The lowest BCUT2D eigenvalue weighted by atomic mass is 10.0. The van der Waals surface area contributed by atoms with Crippen molar-refractivity contribution in [2.24, 2.45) is 5.92 Å². The summed E-state index contributed by atoms with van der Waals surface area (Å²) >= 11 is 0. The van der Waals surface area contributed by atoms with Crippen molar-refractivity contribution >= 4 is 6.03 Å². The number of hydrogen-bond acceptors (Lipinski definition) is 4. The third kappa shape index (κ3) is 3.72. The quantitative estimate of drug-likeness (QED) is 0.759. The Kier molecular flexibility index (Phi) is 5.17. The fraction of sp³-hybridized carbons (Fsp3) is 0.786. The molecule has 0 aliphatic carbocycles. The molecule has 2 atom stereocenters. The van der Waals surface area contributed by atoms with Gasteiger partial charge < -0.3 is 20.3 Å². The molecule has 3 N–H and O–H groups in total. The maximum absolute atomic E-state index is 12.2. The van der Waals surface area contributed by atoms with Gasteiger partial charge in [-0.1, -0.05) is 13.8 Å². The van der Waals surface area contributed by atoms with Crippen molar-refractivity contribution in [1.29, 1.82) is 0 Å². The number of amides is 2. The number of nitrogens with zero attached hydrogens (tertiary/aromatic N) is 3. The van der Waals surface area contributed by atoms with E-state index in [1.54, 1.807) is 0 Å². The Hall–Kier alpha value is -1.63. The molecule has 2 heterocycles. The molecule has 7 nitrogen and oxygen atoms in total. The van der Waals surface area contributed by atoms with Crippen LogP contribution >= 0.6 is 0 Å². The highest BCUT2D eigenvalue weighted by atomic mass is 16.3. The van der Waals surface area contributed by atoms with Gasteiger partial charge >= 0.3 is 6.03 Å². The van der Waals surface area contributed by atoms with Crippen molar-refractivity contribution in [3.63, 3.8) is 0 Å². The number of aliphatic hydroxyl groups is 1. The zero-order chi connectivity index (χ0) is 15.4. The van der Waals surface area contributed by atoms with Crippen LogP contribution < -0.4 is 10.6 Å². The SMILES string of the molecule is Cc1nnc2n1CCCC2NC(=O)NC(CCO)C(C)C. The molecule has 0 saturated carbocycles. The number of aromatic nitrogens is 3. The van der Waals surface area contributed by atoms with Gasteiger partial charge in [-0.15, -0.1) is 10.2 Å². The number of aryl methyl sites for hydroxylation is 1. The van der Waals surface area contributed by atoms with Crippen LogP contribution in [0.15, 0.2) is 0 Å². The smallest absolute Gasteiger partial charge is 0.315 e. The molecule has 118 valence electrons. The second kappa shape index (κ2) is 6.89. The van der Waals surface area contributed by atoms with Crippen LogP contribution in [0, 0.1) is 12.8 Å². The second-order valence-electron chi connectivity index (χ2n) is 5.93. The molecule has 1 aliphatic rings. The Balaban J connectivity index is 1.97. The van der Waals surface area contributed by atoms with Crippen LogP contribution in [0.25, 0.3) is 0 Å². The summed E-state index contributed by atoms with van der Waals surface area (Å²) in [5.74, 6) is 1.99. The van der Waals surface area contributed by atoms with E-state index in [4.69, 9.17) is 5.11 Å². The molecular formula is C14H25N5O2. The largest absolute Gasteiger partial charge is 0.396 e. The Morgan fingerprint density at radius 3 is 2.90 bits per heavy atom. The average Bonchev–Trinajstić information content (AvgIpc) is 2.81. The van der Waals surface area contributed by atoms with Crippen LogP contribution in [-0.4, -0.2) is 38.6 Å². The van der Waals surface area contributed by atoms with E-state index >= 15 is 0 Å². The maximum Gasteiger partial charge on any atom is 0.315 e. The number of nitrogens with one attached hydrogen (secondary N) is 2. The van der Waals surface area contributed by atoms with Gasteiger partial charge in [0.1, 0.15) is 5.82 Å². The normalized spacial score (nSPS) is 19.2. The van der Waals surface area contributed by atoms with Gasteiger partial charge in [-0.2, -0.15) is 0 Å². The number of hydrogen-bond donors (Lipinski definition) is 3. The molecule has 0 radical (unpaired) electrons. The molecule has 7 heteroatoms. The molecular weight excluding hydrogens is 270 g/mol. The van der Waals surface area contributed by atoms with E-state index in [2.05, 4.69) is 25.4 Å². The van der Waals surface area contributed by atoms with Crippen LogP contribution in [0.5, 0.6) is 0 Å². The molecule has 0 fully saturated rings. The topological polar surface area (TPSA) is 92.1 Å². The summed E-state index contributed by atoms with van der Waals surface area (Å²) in [7, 11) is 0. The zero-order valence-corrected chi connectivity index (χ0v) is 13.0. The lowest BCUT2D eigenvalue weighted by Gasteiger charge is -2.27. The van der Waals surface area contributed by atoms with Gasteiger partial charge in [-0.05, 0) is 32.1 Å². The number of aliphatic hydroxyl groups excluding tert-OH is 1. The first-order valence-electron chi connectivity index (χ1n) is 7.60. The summed E-state index contributed by atoms with van der Waals surface area (Å²) < 4.78 is 2.06. The van der Waals surface area contributed by atoms with Crippen molar-refractivity contribution < 1.29 is 9.90 Å². The third-order valence-corrected chi connectivity index (χ3v) is 4.02. The number of carbonyl (C=O) groups excluding carboxylic acids is 1. The number of fused-ring (bicyclic) bond motifs is 1. The first-order valence-corrected chi connectivity index (χ1v) is 7.60. The highest BCUT2D eigenvalue weighted by molar-refractivity contribution is 5.74. The fourth-order valence-corrected chi connectivity index (χ4v) is 2.73. The molecule has 21 heavy (non-hydrogen) atoms. The Bertz CT molecular complexity index is 486. The van der Waals surface area contributed by atoms with Crippen LogP contribution in [0.4, 0.5) is 4.79 Å². The molecule has 0 spiro atoms. The van der Waals surface area contributed by atoms with E-state index in [1.165, 1.54) is 0 Å². The third-order valence-electron chi connectivity index (χ3n) is 4.02. The first kappa shape index (κ1) is 15.8. The van der Waals surface area contributed by atoms with Crippen LogP contribution in [-0.2, 0) is 6.54 Å². The molecule has 0 saturated heterocycles. The molecule has 1 aromatic rings. The molecule has 2 unspecified atom stereocenters. The minimum atomic E-state index is -0.207. The zero-order valence-electron chi connectivity index (χ0n) is 13.0. The maximum atomic E-state index is 12.2.